The van der Waals surface area contributed by atoms with Crippen LogP contribution in [0.3, 0.4) is 0 Å². The molecular weight excluding hydrogens is 412 g/mol. The van der Waals surface area contributed by atoms with Crippen molar-refractivity contribution in [1.82, 2.24) is 0 Å². The maximum atomic E-state index is 12.2. The monoisotopic (exact) mass is 472 g/mol. The molecule has 0 radical (unpaired) electrons. The molecule has 0 atom stereocenters. The van der Waals surface area contributed by atoms with E-state index in [4.69, 9.17) is 0 Å². The number of phenolic OH excluding ortho intramolecular Hbond substituents is 1. The second kappa shape index (κ2) is 16.6. The molecule has 0 aliphatic heterocycles. The maximum absolute atomic E-state index is 12.2. The van der Waals surface area contributed by atoms with Crippen molar-refractivity contribution in [2.24, 2.45) is 0 Å². The Kier molecular flexibility index (Phi) is 15.2. The highest BCUT2D eigenvalue weighted by atomic mass is 16.3. The van der Waals surface area contributed by atoms with E-state index >= 15 is 0 Å². The third-order valence-electron chi connectivity index (χ3n) is 8.45. The van der Waals surface area contributed by atoms with E-state index in [1.807, 2.05) is 0 Å². The highest BCUT2D eigenvalue weighted by molar-refractivity contribution is 5.51. The molecule has 0 bridgehead atoms. The van der Waals surface area contributed by atoms with Crippen LogP contribution in [0.5, 0.6) is 5.75 Å². The van der Waals surface area contributed by atoms with Crippen molar-refractivity contribution in [2.45, 2.75) is 175 Å². The van der Waals surface area contributed by atoms with Gasteiger partial charge in [-0.1, -0.05) is 136 Å². The predicted octanol–water partition coefficient (Wildman–Crippen LogP) is 11.3. The quantitative estimate of drug-likeness (QED) is 0.200. The minimum atomic E-state index is 0.124. The number of phenols is 1. The van der Waals surface area contributed by atoms with Crippen LogP contribution in [0.25, 0.3) is 0 Å². The summed E-state index contributed by atoms with van der Waals surface area (Å²) in [7, 11) is 0. The van der Waals surface area contributed by atoms with Gasteiger partial charge < -0.3 is 5.11 Å². The zero-order chi connectivity index (χ0) is 25.5. The number of aryl methyl sites for hydroxylation is 1. The average molecular weight is 473 g/mol. The number of unbranched alkanes of at least 4 members (excludes halogenated alkanes) is 6. The molecule has 0 saturated carbocycles. The van der Waals surface area contributed by atoms with Crippen LogP contribution in [0.4, 0.5) is 0 Å². The summed E-state index contributed by atoms with van der Waals surface area (Å²) < 4.78 is 0. The molecule has 0 aliphatic carbocycles. The summed E-state index contributed by atoms with van der Waals surface area (Å²) in [5.74, 6) is 0.678. The van der Waals surface area contributed by atoms with Gasteiger partial charge in [-0.25, -0.2) is 0 Å². The molecule has 0 unspecified atom stereocenters. The number of benzene rings is 1. The van der Waals surface area contributed by atoms with Crippen LogP contribution < -0.4 is 0 Å². The van der Waals surface area contributed by atoms with E-state index in [1.165, 1.54) is 132 Å². The lowest BCUT2D eigenvalue weighted by Crippen LogP contribution is -2.30. The summed E-state index contributed by atoms with van der Waals surface area (Å²) in [6.45, 7) is 16.2. The Morgan fingerprint density at radius 2 is 0.735 bits per heavy atom. The third-order valence-corrected chi connectivity index (χ3v) is 8.45. The molecule has 1 aromatic carbocycles. The van der Waals surface area contributed by atoms with Crippen LogP contribution in [-0.2, 0) is 10.8 Å². The highest BCUT2D eigenvalue weighted by Crippen LogP contribution is 2.50. The number of rotatable bonds is 20. The van der Waals surface area contributed by atoms with Gasteiger partial charge in [0.2, 0.25) is 0 Å². The van der Waals surface area contributed by atoms with Crippen molar-refractivity contribution in [3.63, 3.8) is 0 Å². The maximum Gasteiger partial charge on any atom is 0.123 e. The molecule has 34 heavy (non-hydrogen) atoms. The Balaban J connectivity index is 3.78. The van der Waals surface area contributed by atoms with Crippen molar-refractivity contribution < 1.29 is 5.11 Å². The Bertz CT molecular complexity index is 562. The molecule has 1 rings (SSSR count). The molecule has 1 aromatic rings. The fourth-order valence-electron chi connectivity index (χ4n) is 6.24. The van der Waals surface area contributed by atoms with Gasteiger partial charge in [0.15, 0.2) is 0 Å². The van der Waals surface area contributed by atoms with Gasteiger partial charge in [-0.05, 0) is 56.3 Å². The van der Waals surface area contributed by atoms with Crippen LogP contribution in [0.15, 0.2) is 12.1 Å². The molecule has 0 heterocycles. The first-order valence-electron chi connectivity index (χ1n) is 15.2. The van der Waals surface area contributed by atoms with E-state index < -0.39 is 0 Å². The summed E-state index contributed by atoms with van der Waals surface area (Å²) in [6, 6.07) is 4.76. The van der Waals surface area contributed by atoms with Crippen molar-refractivity contribution in [3.05, 3.63) is 28.8 Å². The molecule has 198 valence electrons. The number of hydrogen-bond donors (Lipinski definition) is 1. The molecule has 0 aliphatic rings. The van der Waals surface area contributed by atoms with Crippen LogP contribution in [0, 0.1) is 6.92 Å². The van der Waals surface area contributed by atoms with Gasteiger partial charge in [0.1, 0.15) is 5.75 Å². The van der Waals surface area contributed by atoms with Crippen molar-refractivity contribution in [3.8, 4) is 5.75 Å². The first kappa shape index (κ1) is 31.1. The van der Waals surface area contributed by atoms with Crippen LogP contribution >= 0.6 is 0 Å². The predicted molar refractivity (Wildman–Crippen MR) is 153 cm³/mol. The first-order valence-corrected chi connectivity index (χ1v) is 15.2. The van der Waals surface area contributed by atoms with E-state index in [0.717, 1.165) is 0 Å². The Hall–Kier alpha value is -0.980. The summed E-state index contributed by atoms with van der Waals surface area (Å²) >= 11 is 0. The molecular formula is C33H60O. The fourth-order valence-corrected chi connectivity index (χ4v) is 6.24. The minimum absolute atomic E-state index is 0.124. The Morgan fingerprint density at radius 3 is 0.941 bits per heavy atom. The molecule has 0 aromatic heterocycles. The zero-order valence-electron chi connectivity index (χ0n) is 24.3. The van der Waals surface area contributed by atoms with Gasteiger partial charge in [0, 0.05) is 11.1 Å². The second-order valence-electron chi connectivity index (χ2n) is 11.4. The molecule has 1 nitrogen and oxygen atoms in total. The second-order valence-corrected chi connectivity index (χ2v) is 11.4. The van der Waals surface area contributed by atoms with Crippen molar-refractivity contribution >= 4 is 0 Å². The minimum Gasteiger partial charge on any atom is -0.507 e. The van der Waals surface area contributed by atoms with Gasteiger partial charge in [0.25, 0.3) is 0 Å². The average Bonchev–Trinajstić information content (AvgIpc) is 2.85. The summed E-state index contributed by atoms with van der Waals surface area (Å²) in [5.41, 5.74) is 4.20. The molecule has 1 N–H and O–H groups in total. The lowest BCUT2D eigenvalue weighted by Gasteiger charge is -2.40. The summed E-state index contributed by atoms with van der Waals surface area (Å²) in [5, 5.41) is 12.2. The lowest BCUT2D eigenvalue weighted by molar-refractivity contribution is 0.279. The number of hydrogen-bond acceptors (Lipinski definition) is 1. The van der Waals surface area contributed by atoms with E-state index in [-0.39, 0.29) is 10.8 Å². The molecule has 0 amide bonds. The van der Waals surface area contributed by atoms with E-state index in [1.54, 1.807) is 0 Å². The topological polar surface area (TPSA) is 20.2 Å². The van der Waals surface area contributed by atoms with Crippen LogP contribution in [0.2, 0.25) is 0 Å². The largest absolute Gasteiger partial charge is 0.507 e. The normalized spacial score (nSPS) is 12.4. The van der Waals surface area contributed by atoms with E-state index in [0.29, 0.717) is 5.75 Å². The Morgan fingerprint density at radius 1 is 0.500 bits per heavy atom. The van der Waals surface area contributed by atoms with Crippen molar-refractivity contribution in [1.29, 1.82) is 0 Å². The zero-order valence-corrected chi connectivity index (χ0v) is 24.3. The van der Waals surface area contributed by atoms with Crippen LogP contribution in [0.1, 0.15) is 174 Å². The van der Waals surface area contributed by atoms with Crippen molar-refractivity contribution in [2.75, 3.05) is 0 Å². The fraction of sp³-hybridized carbons (Fsp3) is 0.818. The third kappa shape index (κ3) is 8.60. The molecule has 1 heteroatoms. The molecule has 0 spiro atoms. The van der Waals surface area contributed by atoms with Crippen LogP contribution in [-0.4, -0.2) is 5.11 Å². The SMILES string of the molecule is CCCCC(CCCC)(CCCC)c1cc(C)cc(C(CCCC)(CCCC)CCCC)c1O. The van der Waals surface area contributed by atoms with Gasteiger partial charge >= 0.3 is 0 Å². The Labute approximate surface area is 214 Å². The van der Waals surface area contributed by atoms with E-state index in [2.05, 4.69) is 60.6 Å². The van der Waals surface area contributed by atoms with Gasteiger partial charge in [-0.15, -0.1) is 0 Å². The highest BCUT2D eigenvalue weighted by Gasteiger charge is 2.38. The van der Waals surface area contributed by atoms with Gasteiger partial charge in [-0.2, -0.15) is 0 Å². The van der Waals surface area contributed by atoms with Gasteiger partial charge in [-0.3, -0.25) is 0 Å². The van der Waals surface area contributed by atoms with Gasteiger partial charge in [0.05, 0.1) is 0 Å². The summed E-state index contributed by atoms with van der Waals surface area (Å²) in [6.07, 6.45) is 22.2. The van der Waals surface area contributed by atoms with E-state index in [9.17, 15) is 5.11 Å². The lowest BCUT2D eigenvalue weighted by atomic mass is 9.64. The molecule has 0 saturated heterocycles. The smallest absolute Gasteiger partial charge is 0.123 e. The first-order chi connectivity index (χ1) is 16.4. The standard InChI is InChI=1S/C33H60O/c1-8-14-20-32(21-15-9-2,22-16-10-3)29-26-28(7)27-30(31(29)34)33(23-17-11-4,24-18-12-5)25-19-13-6/h26-27,34H,8-25H2,1-7H3. The molecule has 0 fully saturated rings. The number of aromatic hydroxyl groups is 1. The summed E-state index contributed by atoms with van der Waals surface area (Å²) in [4.78, 5) is 0.